The monoisotopic (exact) mass is 271 g/mol. The maximum Gasteiger partial charge on any atom is 0.371 e. The highest BCUT2D eigenvalue weighted by atomic mass is 35.5. The largest absolute Gasteiger partial charge is 0.475 e. The third-order valence-corrected chi connectivity index (χ3v) is 2.74. The van der Waals surface area contributed by atoms with Gasteiger partial charge in [0.1, 0.15) is 0 Å². The number of benzene rings is 1. The van der Waals surface area contributed by atoms with E-state index >= 15 is 0 Å². The van der Waals surface area contributed by atoms with E-state index < -0.39 is 5.97 Å². The Hall–Kier alpha value is -1.65. The summed E-state index contributed by atoms with van der Waals surface area (Å²) in [6, 6.07) is 7.84. The van der Waals surface area contributed by atoms with E-state index in [4.69, 9.17) is 32.7 Å². The summed E-state index contributed by atoms with van der Waals surface area (Å²) in [4.78, 5) is 10.6. The molecule has 0 fully saturated rings. The van der Waals surface area contributed by atoms with Crippen LogP contribution in [-0.2, 0) is 0 Å². The summed E-state index contributed by atoms with van der Waals surface area (Å²) in [5.41, 5.74) is 0.658. The maximum atomic E-state index is 10.6. The Morgan fingerprint density at radius 1 is 1.18 bits per heavy atom. The summed E-state index contributed by atoms with van der Waals surface area (Å²) >= 11 is 11.6. The van der Waals surface area contributed by atoms with Crippen LogP contribution in [-0.4, -0.2) is 11.1 Å². The molecule has 0 aliphatic heterocycles. The van der Waals surface area contributed by atoms with Gasteiger partial charge in [-0.25, -0.2) is 4.79 Å². The van der Waals surface area contributed by atoms with Crippen LogP contribution in [0.25, 0.3) is 0 Å². The molecular weight excluding hydrogens is 265 g/mol. The third-order valence-electron chi connectivity index (χ3n) is 2.00. The van der Waals surface area contributed by atoms with Gasteiger partial charge in [-0.05, 0) is 24.3 Å². The fourth-order valence-electron chi connectivity index (χ4n) is 1.24. The molecule has 2 rings (SSSR count). The molecule has 0 atom stereocenters. The number of carboxylic acid groups (broad SMARTS) is 1. The highest BCUT2D eigenvalue weighted by Crippen LogP contribution is 2.27. The first-order valence-electron chi connectivity index (χ1n) is 4.61. The van der Waals surface area contributed by atoms with Crippen molar-refractivity contribution in [2.45, 2.75) is 0 Å². The predicted octanol–water partition coefficient (Wildman–Crippen LogP) is 4.03. The van der Waals surface area contributed by atoms with Crippen LogP contribution in [0.4, 0.5) is 11.6 Å². The quantitative estimate of drug-likeness (QED) is 0.885. The van der Waals surface area contributed by atoms with Gasteiger partial charge in [0.05, 0.1) is 10.0 Å². The van der Waals surface area contributed by atoms with E-state index in [0.29, 0.717) is 21.6 Å². The predicted molar refractivity (Wildman–Crippen MR) is 65.4 cm³/mol. The van der Waals surface area contributed by atoms with Gasteiger partial charge in [0, 0.05) is 11.8 Å². The van der Waals surface area contributed by atoms with E-state index in [2.05, 4.69) is 5.32 Å². The fourth-order valence-corrected chi connectivity index (χ4v) is 1.53. The molecule has 0 aliphatic rings. The fraction of sp³-hybridized carbons (Fsp3) is 0. The van der Waals surface area contributed by atoms with Crippen LogP contribution in [0, 0.1) is 0 Å². The maximum absolute atomic E-state index is 10.6. The minimum absolute atomic E-state index is 0.132. The lowest BCUT2D eigenvalue weighted by Crippen LogP contribution is -1.92. The molecular formula is C11H7Cl2NO3. The molecule has 2 N–H and O–H groups in total. The Morgan fingerprint density at radius 3 is 2.53 bits per heavy atom. The van der Waals surface area contributed by atoms with Gasteiger partial charge < -0.3 is 14.8 Å². The van der Waals surface area contributed by atoms with Crippen LogP contribution in [0.1, 0.15) is 10.6 Å². The number of rotatable bonds is 3. The van der Waals surface area contributed by atoms with Gasteiger partial charge in [-0.15, -0.1) is 0 Å². The van der Waals surface area contributed by atoms with Crippen LogP contribution in [0.3, 0.4) is 0 Å². The van der Waals surface area contributed by atoms with E-state index in [1.807, 2.05) is 0 Å². The second-order valence-electron chi connectivity index (χ2n) is 3.22. The summed E-state index contributed by atoms with van der Waals surface area (Å²) in [5, 5.41) is 12.4. The lowest BCUT2D eigenvalue weighted by atomic mass is 10.3. The van der Waals surface area contributed by atoms with Crippen molar-refractivity contribution >= 4 is 40.7 Å². The van der Waals surface area contributed by atoms with E-state index in [9.17, 15) is 4.79 Å². The zero-order valence-corrected chi connectivity index (χ0v) is 9.92. The van der Waals surface area contributed by atoms with Crippen LogP contribution in [0.2, 0.25) is 10.0 Å². The highest BCUT2D eigenvalue weighted by molar-refractivity contribution is 6.42. The normalized spacial score (nSPS) is 10.2. The number of furan rings is 1. The van der Waals surface area contributed by atoms with Gasteiger partial charge in [0.2, 0.25) is 5.76 Å². The first kappa shape index (κ1) is 11.8. The molecule has 0 aliphatic carbocycles. The Morgan fingerprint density at radius 2 is 1.94 bits per heavy atom. The molecule has 4 nitrogen and oxygen atoms in total. The van der Waals surface area contributed by atoms with Crippen molar-refractivity contribution in [2.24, 2.45) is 0 Å². The molecule has 2 aromatic rings. The lowest BCUT2D eigenvalue weighted by Gasteiger charge is -2.03. The number of hydrogen-bond acceptors (Lipinski definition) is 3. The summed E-state index contributed by atoms with van der Waals surface area (Å²) in [6.07, 6.45) is 0. The van der Waals surface area contributed by atoms with Gasteiger partial charge in [-0.2, -0.15) is 0 Å². The van der Waals surface area contributed by atoms with Crippen LogP contribution >= 0.6 is 23.2 Å². The highest BCUT2D eigenvalue weighted by Gasteiger charge is 2.09. The van der Waals surface area contributed by atoms with Crippen molar-refractivity contribution in [1.29, 1.82) is 0 Å². The van der Waals surface area contributed by atoms with Crippen molar-refractivity contribution in [3.05, 3.63) is 46.1 Å². The number of halogens is 2. The Kier molecular flexibility index (Phi) is 3.26. The Bertz CT molecular complexity index is 566. The van der Waals surface area contributed by atoms with Crippen LogP contribution in [0.5, 0.6) is 0 Å². The molecule has 1 aromatic heterocycles. The minimum atomic E-state index is -1.12. The van der Waals surface area contributed by atoms with Gasteiger partial charge in [-0.3, -0.25) is 0 Å². The molecule has 0 radical (unpaired) electrons. The SMILES string of the molecule is O=C(O)c1ccc(Nc2ccc(Cl)c(Cl)c2)o1. The summed E-state index contributed by atoms with van der Waals surface area (Å²) < 4.78 is 5.03. The van der Waals surface area contributed by atoms with E-state index in [1.54, 1.807) is 18.2 Å². The molecule has 1 aromatic carbocycles. The minimum Gasteiger partial charge on any atom is -0.475 e. The van der Waals surface area contributed by atoms with Crippen molar-refractivity contribution in [2.75, 3.05) is 5.32 Å². The molecule has 1 heterocycles. The van der Waals surface area contributed by atoms with E-state index in [0.717, 1.165) is 0 Å². The van der Waals surface area contributed by atoms with Crippen molar-refractivity contribution in [1.82, 2.24) is 0 Å². The van der Waals surface area contributed by atoms with Crippen molar-refractivity contribution < 1.29 is 14.3 Å². The summed E-state index contributed by atoms with van der Waals surface area (Å²) in [6.45, 7) is 0. The van der Waals surface area contributed by atoms with Gasteiger partial charge in [0.25, 0.3) is 0 Å². The second kappa shape index (κ2) is 4.69. The van der Waals surface area contributed by atoms with Gasteiger partial charge in [0.15, 0.2) is 5.88 Å². The molecule has 17 heavy (non-hydrogen) atoms. The second-order valence-corrected chi connectivity index (χ2v) is 4.04. The number of hydrogen-bond donors (Lipinski definition) is 2. The zero-order chi connectivity index (χ0) is 12.4. The first-order chi connectivity index (χ1) is 8.06. The van der Waals surface area contributed by atoms with Crippen LogP contribution < -0.4 is 5.32 Å². The van der Waals surface area contributed by atoms with E-state index in [-0.39, 0.29) is 5.76 Å². The average molecular weight is 272 g/mol. The van der Waals surface area contributed by atoms with Gasteiger partial charge in [-0.1, -0.05) is 23.2 Å². The lowest BCUT2D eigenvalue weighted by molar-refractivity contribution is 0.0663. The van der Waals surface area contributed by atoms with E-state index in [1.165, 1.54) is 12.1 Å². The number of nitrogens with one attached hydrogen (secondary N) is 1. The Balaban J connectivity index is 2.19. The van der Waals surface area contributed by atoms with Crippen molar-refractivity contribution in [3.63, 3.8) is 0 Å². The number of carbonyl (C=O) groups is 1. The molecule has 0 saturated carbocycles. The number of aromatic carboxylic acids is 1. The van der Waals surface area contributed by atoms with Crippen LogP contribution in [0.15, 0.2) is 34.7 Å². The van der Waals surface area contributed by atoms with Crippen molar-refractivity contribution in [3.8, 4) is 0 Å². The topological polar surface area (TPSA) is 62.5 Å². The molecule has 0 unspecified atom stereocenters. The smallest absolute Gasteiger partial charge is 0.371 e. The molecule has 0 saturated heterocycles. The average Bonchev–Trinajstić information content (AvgIpc) is 2.72. The summed E-state index contributed by atoms with van der Waals surface area (Å²) in [7, 11) is 0. The Labute approximate surface area is 107 Å². The number of carboxylic acids is 1. The standard InChI is InChI=1S/C11H7Cl2NO3/c12-7-2-1-6(5-8(7)13)14-10-4-3-9(17-10)11(15)16/h1-5,14H,(H,15,16). The first-order valence-corrected chi connectivity index (χ1v) is 5.37. The molecule has 6 heteroatoms. The molecule has 0 amide bonds. The summed E-state index contributed by atoms with van der Waals surface area (Å²) in [5.74, 6) is -0.930. The zero-order valence-electron chi connectivity index (χ0n) is 8.41. The number of anilines is 2. The van der Waals surface area contributed by atoms with Gasteiger partial charge >= 0.3 is 5.97 Å². The molecule has 0 bridgehead atoms. The molecule has 0 spiro atoms. The third kappa shape index (κ3) is 2.72. The molecule has 88 valence electrons.